The maximum Gasteiger partial charge on any atom is 0.310 e. The first-order valence-electron chi connectivity index (χ1n) is 8.91. The molecule has 5 heteroatoms. The van der Waals surface area contributed by atoms with Crippen molar-refractivity contribution >= 4 is 17.6 Å². The summed E-state index contributed by atoms with van der Waals surface area (Å²) in [6, 6.07) is 7.89. The zero-order chi connectivity index (χ0) is 17.1. The van der Waals surface area contributed by atoms with E-state index in [4.69, 9.17) is 4.74 Å². The van der Waals surface area contributed by atoms with E-state index < -0.39 is 0 Å². The summed E-state index contributed by atoms with van der Waals surface area (Å²) in [6.07, 6.45) is 2.70. The summed E-state index contributed by atoms with van der Waals surface area (Å²) in [7, 11) is 0. The van der Waals surface area contributed by atoms with Gasteiger partial charge < -0.3 is 9.64 Å². The number of carbonyl (C=O) groups excluding carboxylic acids is 2. The number of para-hydroxylation sites is 1. The van der Waals surface area contributed by atoms with Gasteiger partial charge >= 0.3 is 5.97 Å². The van der Waals surface area contributed by atoms with Gasteiger partial charge in [-0.15, -0.1) is 0 Å². The fourth-order valence-corrected chi connectivity index (χ4v) is 3.76. The Morgan fingerprint density at radius 2 is 2.08 bits per heavy atom. The first-order chi connectivity index (χ1) is 11.6. The summed E-state index contributed by atoms with van der Waals surface area (Å²) < 4.78 is 5.16. The van der Waals surface area contributed by atoms with Gasteiger partial charge in [0.1, 0.15) is 0 Å². The smallest absolute Gasteiger partial charge is 0.310 e. The van der Waals surface area contributed by atoms with E-state index >= 15 is 0 Å². The third kappa shape index (κ3) is 3.31. The second-order valence-electron chi connectivity index (χ2n) is 6.63. The Bertz CT molecular complexity index is 616. The minimum absolute atomic E-state index is 0.111. The fourth-order valence-electron chi connectivity index (χ4n) is 3.76. The van der Waals surface area contributed by atoms with Gasteiger partial charge in [-0.05, 0) is 51.3 Å². The van der Waals surface area contributed by atoms with Gasteiger partial charge in [0.15, 0.2) is 0 Å². The van der Waals surface area contributed by atoms with Gasteiger partial charge in [-0.2, -0.15) is 0 Å². The van der Waals surface area contributed by atoms with Gasteiger partial charge in [-0.25, -0.2) is 0 Å². The summed E-state index contributed by atoms with van der Waals surface area (Å²) in [5.41, 5.74) is 2.27. The van der Waals surface area contributed by atoms with E-state index in [2.05, 4.69) is 11.0 Å². The van der Waals surface area contributed by atoms with E-state index in [0.717, 1.165) is 38.0 Å². The van der Waals surface area contributed by atoms with Crippen LogP contribution >= 0.6 is 0 Å². The van der Waals surface area contributed by atoms with Crippen LogP contribution < -0.4 is 4.90 Å². The molecule has 0 aliphatic carbocycles. The van der Waals surface area contributed by atoms with Crippen LogP contribution in [0.15, 0.2) is 24.3 Å². The van der Waals surface area contributed by atoms with Crippen LogP contribution in [-0.4, -0.2) is 49.1 Å². The highest BCUT2D eigenvalue weighted by Gasteiger charge is 2.35. The second-order valence-corrected chi connectivity index (χ2v) is 6.63. The Morgan fingerprint density at radius 3 is 2.88 bits per heavy atom. The van der Waals surface area contributed by atoms with Gasteiger partial charge in [-0.3, -0.25) is 14.5 Å². The molecular formula is C19H26N2O3. The van der Waals surface area contributed by atoms with Gasteiger partial charge in [0, 0.05) is 18.8 Å². The quantitative estimate of drug-likeness (QED) is 0.795. The van der Waals surface area contributed by atoms with Crippen LogP contribution in [0.4, 0.5) is 5.69 Å². The Labute approximate surface area is 143 Å². The van der Waals surface area contributed by atoms with Crippen molar-refractivity contribution in [2.24, 2.45) is 5.92 Å². The van der Waals surface area contributed by atoms with Crippen molar-refractivity contribution in [2.75, 3.05) is 31.1 Å². The minimum Gasteiger partial charge on any atom is -0.466 e. The van der Waals surface area contributed by atoms with E-state index in [1.54, 1.807) is 0 Å². The largest absolute Gasteiger partial charge is 0.466 e. The monoisotopic (exact) mass is 330 g/mol. The average Bonchev–Trinajstić information content (AvgIpc) is 3.05. The van der Waals surface area contributed by atoms with Crippen LogP contribution in [-0.2, 0) is 20.7 Å². The van der Waals surface area contributed by atoms with Gasteiger partial charge in [0.25, 0.3) is 0 Å². The molecule has 130 valence electrons. The summed E-state index contributed by atoms with van der Waals surface area (Å²) >= 11 is 0. The lowest BCUT2D eigenvalue weighted by atomic mass is 9.96. The number of likely N-dealkylation sites (tertiary alicyclic amines) is 1. The third-order valence-corrected chi connectivity index (χ3v) is 5.13. The lowest BCUT2D eigenvalue weighted by molar-refractivity contribution is -0.150. The lowest BCUT2D eigenvalue weighted by Gasteiger charge is -2.36. The Kier molecular flexibility index (Phi) is 5.19. The highest BCUT2D eigenvalue weighted by Crippen LogP contribution is 2.29. The van der Waals surface area contributed by atoms with Crippen molar-refractivity contribution in [3.63, 3.8) is 0 Å². The van der Waals surface area contributed by atoms with Crippen molar-refractivity contribution in [1.82, 2.24) is 4.90 Å². The van der Waals surface area contributed by atoms with Crippen molar-refractivity contribution in [3.05, 3.63) is 29.8 Å². The van der Waals surface area contributed by atoms with E-state index in [9.17, 15) is 9.59 Å². The topological polar surface area (TPSA) is 49.9 Å². The molecule has 0 aromatic heterocycles. The number of amides is 1. The molecule has 0 bridgehead atoms. The first-order valence-corrected chi connectivity index (χ1v) is 8.91. The van der Waals surface area contributed by atoms with Gasteiger partial charge in [0.05, 0.1) is 18.6 Å². The van der Waals surface area contributed by atoms with Gasteiger partial charge in [0.2, 0.25) is 5.91 Å². The van der Waals surface area contributed by atoms with Crippen molar-refractivity contribution in [1.29, 1.82) is 0 Å². The normalized spacial score (nSPS) is 22.1. The number of carbonyl (C=O) groups is 2. The predicted molar refractivity (Wildman–Crippen MR) is 92.9 cm³/mol. The molecule has 0 spiro atoms. The summed E-state index contributed by atoms with van der Waals surface area (Å²) in [5.74, 6) is -0.113. The maximum atomic E-state index is 13.0. The molecule has 2 aliphatic rings. The highest BCUT2D eigenvalue weighted by atomic mass is 16.5. The number of hydrogen-bond acceptors (Lipinski definition) is 4. The number of ether oxygens (including phenoxy) is 1. The van der Waals surface area contributed by atoms with Crippen LogP contribution in [0, 0.1) is 5.92 Å². The molecule has 2 heterocycles. The molecule has 0 radical (unpaired) electrons. The standard InChI is InChI=1S/C19H26N2O3/c1-3-24-19(23)16-8-6-11-20(13-16)14(2)18(22)21-12-10-15-7-4-5-9-17(15)21/h4-5,7,9,14,16H,3,6,8,10-13H2,1-2H3. The fraction of sp³-hybridized carbons (Fsp3) is 0.579. The Hall–Kier alpha value is -1.88. The van der Waals surface area contributed by atoms with Crippen LogP contribution in [0.1, 0.15) is 32.3 Å². The van der Waals surface area contributed by atoms with Crippen LogP contribution in [0.2, 0.25) is 0 Å². The highest BCUT2D eigenvalue weighted by molar-refractivity contribution is 5.98. The molecule has 1 amide bonds. The maximum absolute atomic E-state index is 13.0. The van der Waals surface area contributed by atoms with Crippen LogP contribution in [0.3, 0.4) is 0 Å². The zero-order valence-corrected chi connectivity index (χ0v) is 14.5. The van der Waals surface area contributed by atoms with E-state index in [0.29, 0.717) is 13.2 Å². The third-order valence-electron chi connectivity index (χ3n) is 5.13. The van der Waals surface area contributed by atoms with Gasteiger partial charge in [-0.1, -0.05) is 18.2 Å². The molecule has 3 rings (SSSR count). The van der Waals surface area contributed by atoms with Crippen LogP contribution in [0.5, 0.6) is 0 Å². The molecule has 1 fully saturated rings. The number of rotatable bonds is 4. The van der Waals surface area contributed by atoms with E-state index in [-0.39, 0.29) is 23.8 Å². The SMILES string of the molecule is CCOC(=O)C1CCCN(C(C)C(=O)N2CCc3ccccc32)C1. The number of hydrogen-bond donors (Lipinski definition) is 0. The summed E-state index contributed by atoms with van der Waals surface area (Å²) in [6.45, 7) is 6.41. The number of piperidine rings is 1. The number of benzene rings is 1. The predicted octanol–water partition coefficient (Wildman–Crippen LogP) is 2.24. The number of nitrogens with zero attached hydrogens (tertiary/aromatic N) is 2. The van der Waals surface area contributed by atoms with E-state index in [1.165, 1.54) is 5.56 Å². The molecule has 24 heavy (non-hydrogen) atoms. The lowest BCUT2D eigenvalue weighted by Crippen LogP contribution is -2.51. The van der Waals surface area contributed by atoms with Crippen molar-refractivity contribution in [3.8, 4) is 0 Å². The molecular weight excluding hydrogens is 304 g/mol. The minimum atomic E-state index is -0.214. The number of fused-ring (bicyclic) bond motifs is 1. The average molecular weight is 330 g/mol. The second kappa shape index (κ2) is 7.34. The molecule has 0 N–H and O–H groups in total. The molecule has 2 aliphatic heterocycles. The van der Waals surface area contributed by atoms with Crippen LogP contribution in [0.25, 0.3) is 0 Å². The first kappa shape index (κ1) is 17.0. The molecule has 0 saturated carbocycles. The number of esters is 1. The van der Waals surface area contributed by atoms with E-state index in [1.807, 2.05) is 36.9 Å². The molecule has 1 aromatic rings. The van der Waals surface area contributed by atoms with Crippen molar-refractivity contribution in [2.45, 2.75) is 39.2 Å². The van der Waals surface area contributed by atoms with Crippen molar-refractivity contribution < 1.29 is 14.3 Å². The molecule has 1 aromatic carbocycles. The molecule has 2 atom stereocenters. The zero-order valence-electron chi connectivity index (χ0n) is 14.5. The summed E-state index contributed by atoms with van der Waals surface area (Å²) in [5, 5.41) is 0. The molecule has 2 unspecified atom stereocenters. The molecule has 5 nitrogen and oxygen atoms in total. The summed E-state index contributed by atoms with van der Waals surface area (Å²) in [4.78, 5) is 29.0. The Balaban J connectivity index is 1.67. The Morgan fingerprint density at radius 1 is 1.29 bits per heavy atom. The number of anilines is 1. The molecule has 1 saturated heterocycles.